The number of imide groups is 1. The molecule has 4 rings (SSSR count). The molecule has 33 heavy (non-hydrogen) atoms. The Morgan fingerprint density at radius 2 is 1.45 bits per heavy atom. The minimum Gasteiger partial charge on any atom is -0.355 e. The summed E-state index contributed by atoms with van der Waals surface area (Å²) in [5, 5.41) is 13.7. The number of nitro benzene ring substituents is 1. The maximum atomic E-state index is 12.6. The molecule has 0 unspecified atom stereocenters. The molecule has 8 nitrogen and oxygen atoms in total. The first-order valence-corrected chi connectivity index (χ1v) is 10.5. The van der Waals surface area contributed by atoms with Crippen molar-refractivity contribution < 1.29 is 19.3 Å². The van der Waals surface area contributed by atoms with E-state index in [1.165, 1.54) is 12.1 Å². The molecule has 1 aliphatic heterocycles. The van der Waals surface area contributed by atoms with Crippen molar-refractivity contribution in [3.05, 3.63) is 111 Å². The van der Waals surface area contributed by atoms with E-state index in [0.29, 0.717) is 13.0 Å². The molecule has 0 aliphatic carbocycles. The number of nitrogens with one attached hydrogen (secondary N) is 1. The van der Waals surface area contributed by atoms with E-state index in [9.17, 15) is 24.5 Å². The Morgan fingerprint density at radius 1 is 0.879 bits per heavy atom. The molecule has 0 bridgehead atoms. The van der Waals surface area contributed by atoms with E-state index in [1.54, 1.807) is 0 Å². The lowest BCUT2D eigenvalue weighted by atomic mass is 9.88. The van der Waals surface area contributed by atoms with Gasteiger partial charge in [0.25, 0.3) is 17.5 Å². The highest BCUT2D eigenvalue weighted by Crippen LogP contribution is 2.28. The molecule has 1 N–H and O–H groups in total. The fraction of sp³-hybridized carbons (Fsp3) is 0.160. The standard InChI is InChI=1S/C25H21N3O5/c29-23(16-27-24(30)21-12-11-19(28(32)33)15-22(21)25(27)31)26-14-13-20(17-7-3-1-4-8-17)18-9-5-2-6-10-18/h1-12,15,20H,13-14,16H2,(H,26,29). The number of hydrogen-bond donors (Lipinski definition) is 1. The van der Waals surface area contributed by atoms with Crippen LogP contribution in [0.2, 0.25) is 0 Å². The van der Waals surface area contributed by atoms with Crippen LogP contribution in [0.1, 0.15) is 44.2 Å². The molecule has 0 atom stereocenters. The first-order valence-electron chi connectivity index (χ1n) is 10.5. The van der Waals surface area contributed by atoms with Gasteiger partial charge in [-0.3, -0.25) is 29.4 Å². The summed E-state index contributed by atoms with van der Waals surface area (Å²) in [6.07, 6.45) is 0.633. The van der Waals surface area contributed by atoms with Gasteiger partial charge in [-0.25, -0.2) is 0 Å². The Bertz CT molecular complexity index is 1170. The Hall–Kier alpha value is -4.33. The molecule has 0 saturated heterocycles. The third-order valence-electron chi connectivity index (χ3n) is 5.63. The molecule has 3 aromatic carbocycles. The zero-order chi connectivity index (χ0) is 23.4. The molecule has 1 heterocycles. The molecule has 1 aliphatic rings. The van der Waals surface area contributed by atoms with Gasteiger partial charge in [0, 0.05) is 24.6 Å². The highest BCUT2D eigenvalue weighted by Gasteiger charge is 2.37. The maximum Gasteiger partial charge on any atom is 0.270 e. The van der Waals surface area contributed by atoms with Gasteiger partial charge in [-0.05, 0) is 23.6 Å². The summed E-state index contributed by atoms with van der Waals surface area (Å²) in [6, 6.07) is 23.4. The van der Waals surface area contributed by atoms with Gasteiger partial charge < -0.3 is 5.32 Å². The van der Waals surface area contributed by atoms with Crippen LogP contribution in [0.5, 0.6) is 0 Å². The minimum atomic E-state index is -0.708. The van der Waals surface area contributed by atoms with Gasteiger partial charge in [0.05, 0.1) is 16.1 Å². The van der Waals surface area contributed by atoms with Gasteiger partial charge in [0.2, 0.25) is 5.91 Å². The second-order valence-corrected chi connectivity index (χ2v) is 7.70. The Balaban J connectivity index is 1.39. The first-order chi connectivity index (χ1) is 16.0. The summed E-state index contributed by atoms with van der Waals surface area (Å²) >= 11 is 0. The molecular formula is C25H21N3O5. The van der Waals surface area contributed by atoms with E-state index < -0.39 is 29.2 Å². The highest BCUT2D eigenvalue weighted by atomic mass is 16.6. The predicted molar refractivity (Wildman–Crippen MR) is 121 cm³/mol. The molecule has 0 saturated carbocycles. The van der Waals surface area contributed by atoms with Gasteiger partial charge in [-0.15, -0.1) is 0 Å². The molecular weight excluding hydrogens is 422 g/mol. The SMILES string of the molecule is O=C(CN1C(=O)c2ccc([N+](=O)[O-])cc2C1=O)NCCC(c1ccccc1)c1ccccc1. The lowest BCUT2D eigenvalue weighted by Crippen LogP contribution is -2.40. The number of carbonyl (C=O) groups excluding carboxylic acids is 3. The molecule has 3 amide bonds. The van der Waals surface area contributed by atoms with Crippen molar-refractivity contribution in [2.75, 3.05) is 13.1 Å². The smallest absolute Gasteiger partial charge is 0.270 e. The summed E-state index contributed by atoms with van der Waals surface area (Å²) in [6.45, 7) is -0.0938. The highest BCUT2D eigenvalue weighted by molar-refractivity contribution is 6.22. The van der Waals surface area contributed by atoms with Crippen LogP contribution in [0.3, 0.4) is 0 Å². The van der Waals surface area contributed by atoms with Crippen molar-refractivity contribution in [3.8, 4) is 0 Å². The first kappa shape index (κ1) is 21.9. The number of nitro groups is 1. The number of hydrogen-bond acceptors (Lipinski definition) is 5. The second kappa shape index (κ2) is 9.44. The molecule has 0 spiro atoms. The fourth-order valence-corrected chi connectivity index (χ4v) is 3.99. The van der Waals surface area contributed by atoms with E-state index in [-0.39, 0.29) is 22.7 Å². The van der Waals surface area contributed by atoms with E-state index in [2.05, 4.69) is 5.32 Å². The van der Waals surface area contributed by atoms with Crippen LogP contribution >= 0.6 is 0 Å². The number of amides is 3. The van der Waals surface area contributed by atoms with E-state index in [4.69, 9.17) is 0 Å². The van der Waals surface area contributed by atoms with Crippen LogP contribution < -0.4 is 5.32 Å². The van der Waals surface area contributed by atoms with Gasteiger partial charge in [0.1, 0.15) is 6.54 Å². The van der Waals surface area contributed by atoms with Gasteiger partial charge in [-0.2, -0.15) is 0 Å². The van der Waals surface area contributed by atoms with Gasteiger partial charge >= 0.3 is 0 Å². The quantitative estimate of drug-likeness (QED) is 0.325. The number of non-ortho nitro benzene ring substituents is 1. The van der Waals surface area contributed by atoms with Crippen LogP contribution in [0.4, 0.5) is 5.69 Å². The topological polar surface area (TPSA) is 110 Å². The third kappa shape index (κ3) is 4.64. The van der Waals surface area contributed by atoms with E-state index in [0.717, 1.165) is 22.1 Å². The predicted octanol–water partition coefficient (Wildman–Crippen LogP) is 3.53. The molecule has 0 aromatic heterocycles. The number of nitrogens with zero attached hydrogens (tertiary/aromatic N) is 2. The fourth-order valence-electron chi connectivity index (χ4n) is 3.99. The largest absolute Gasteiger partial charge is 0.355 e. The lowest BCUT2D eigenvalue weighted by Gasteiger charge is -2.19. The Kier molecular flexibility index (Phi) is 6.26. The lowest BCUT2D eigenvalue weighted by molar-refractivity contribution is -0.384. The van der Waals surface area contributed by atoms with Crippen LogP contribution in [0.25, 0.3) is 0 Å². The average molecular weight is 443 g/mol. The van der Waals surface area contributed by atoms with E-state index in [1.807, 2.05) is 60.7 Å². The molecule has 3 aromatic rings. The van der Waals surface area contributed by atoms with Crippen molar-refractivity contribution in [3.63, 3.8) is 0 Å². The van der Waals surface area contributed by atoms with Gasteiger partial charge in [0.15, 0.2) is 0 Å². The van der Waals surface area contributed by atoms with Crippen molar-refractivity contribution in [2.24, 2.45) is 0 Å². The molecule has 166 valence electrons. The number of carbonyl (C=O) groups is 3. The number of rotatable bonds is 8. The Labute approximate surface area is 190 Å². The minimum absolute atomic E-state index is 0.0600. The van der Waals surface area contributed by atoms with Crippen LogP contribution in [-0.4, -0.2) is 40.6 Å². The van der Waals surface area contributed by atoms with Crippen LogP contribution in [0, 0.1) is 10.1 Å². The molecule has 8 heteroatoms. The van der Waals surface area contributed by atoms with Crippen LogP contribution in [0.15, 0.2) is 78.9 Å². The van der Waals surface area contributed by atoms with Crippen molar-refractivity contribution in [1.82, 2.24) is 10.2 Å². The summed E-state index contributed by atoms with van der Waals surface area (Å²) in [4.78, 5) is 48.7. The molecule has 0 radical (unpaired) electrons. The van der Waals surface area contributed by atoms with Crippen molar-refractivity contribution >= 4 is 23.4 Å². The van der Waals surface area contributed by atoms with E-state index >= 15 is 0 Å². The summed E-state index contributed by atoms with van der Waals surface area (Å²) in [5.74, 6) is -1.74. The van der Waals surface area contributed by atoms with Gasteiger partial charge in [-0.1, -0.05) is 60.7 Å². The maximum absolute atomic E-state index is 12.6. The third-order valence-corrected chi connectivity index (χ3v) is 5.63. The normalized spacial score (nSPS) is 12.7. The van der Waals surface area contributed by atoms with Crippen LogP contribution in [-0.2, 0) is 4.79 Å². The van der Waals surface area contributed by atoms with Crippen molar-refractivity contribution in [2.45, 2.75) is 12.3 Å². The summed E-state index contributed by atoms with van der Waals surface area (Å²) in [5.41, 5.74) is 1.97. The molecule has 0 fully saturated rings. The number of fused-ring (bicyclic) bond motifs is 1. The zero-order valence-electron chi connectivity index (χ0n) is 17.6. The summed E-state index contributed by atoms with van der Waals surface area (Å²) in [7, 11) is 0. The Morgan fingerprint density at radius 3 is 2.03 bits per heavy atom. The monoisotopic (exact) mass is 443 g/mol. The second-order valence-electron chi connectivity index (χ2n) is 7.70. The van der Waals surface area contributed by atoms with Crippen molar-refractivity contribution in [1.29, 1.82) is 0 Å². The average Bonchev–Trinajstić information content (AvgIpc) is 3.07. The summed E-state index contributed by atoms with van der Waals surface area (Å²) < 4.78 is 0. The number of benzene rings is 3. The zero-order valence-corrected chi connectivity index (χ0v) is 17.6.